The van der Waals surface area contributed by atoms with E-state index in [1.807, 2.05) is 6.07 Å². The van der Waals surface area contributed by atoms with E-state index in [0.717, 1.165) is 0 Å². The molecule has 0 heterocycles. The van der Waals surface area contributed by atoms with Gasteiger partial charge in [0, 0.05) is 5.69 Å². The largest absolute Gasteiger partial charge is 0.415 e. The van der Waals surface area contributed by atoms with Crippen molar-refractivity contribution in [1.29, 1.82) is 5.26 Å². The van der Waals surface area contributed by atoms with Gasteiger partial charge in [-0.2, -0.15) is 18.4 Å². The molecule has 0 aliphatic carbocycles. The number of hydrogen-bond donors (Lipinski definition) is 2. The minimum absolute atomic E-state index is 0.186. The van der Waals surface area contributed by atoms with Crippen molar-refractivity contribution in [2.75, 3.05) is 5.32 Å². The predicted octanol–water partition coefficient (Wildman–Crippen LogP) is 1.97. The summed E-state index contributed by atoms with van der Waals surface area (Å²) in [6, 6.07) is 7.84. The number of nitriles is 1. The van der Waals surface area contributed by atoms with Crippen LogP contribution < -0.4 is 11.1 Å². The molecule has 0 bridgehead atoms. The Hall–Kier alpha value is -2.07. The van der Waals surface area contributed by atoms with E-state index in [-0.39, 0.29) is 12.1 Å². The van der Waals surface area contributed by atoms with Gasteiger partial charge in [-0.05, 0) is 24.6 Å². The van der Waals surface area contributed by atoms with Gasteiger partial charge in [0.15, 0.2) is 5.54 Å². The monoisotopic (exact) mass is 271 g/mol. The van der Waals surface area contributed by atoms with Gasteiger partial charge in [0.1, 0.15) is 0 Å². The van der Waals surface area contributed by atoms with Crippen molar-refractivity contribution in [1.82, 2.24) is 0 Å². The van der Waals surface area contributed by atoms with Crippen LogP contribution in [0.4, 0.5) is 18.9 Å². The van der Waals surface area contributed by atoms with E-state index in [1.165, 1.54) is 12.1 Å². The number of nitrogens with two attached hydrogens (primary N) is 1. The molecule has 0 saturated heterocycles. The van der Waals surface area contributed by atoms with Crippen LogP contribution in [-0.2, 0) is 11.2 Å². The van der Waals surface area contributed by atoms with Gasteiger partial charge in [0.05, 0.1) is 12.5 Å². The molecule has 0 fully saturated rings. The lowest BCUT2D eigenvalue weighted by Crippen LogP contribution is -2.59. The Kier molecular flexibility index (Phi) is 4.17. The highest BCUT2D eigenvalue weighted by Crippen LogP contribution is 2.29. The SMILES string of the molecule is CC(N)(C(=O)Nc1ccc(CC#N)cc1)C(F)(F)F. The van der Waals surface area contributed by atoms with Gasteiger partial charge in [0.2, 0.25) is 0 Å². The highest BCUT2D eigenvalue weighted by Gasteiger charge is 2.53. The van der Waals surface area contributed by atoms with Gasteiger partial charge in [-0.3, -0.25) is 4.79 Å². The van der Waals surface area contributed by atoms with Crippen molar-refractivity contribution in [3.8, 4) is 6.07 Å². The summed E-state index contributed by atoms with van der Waals surface area (Å²) in [4.78, 5) is 11.5. The Morgan fingerprint density at radius 3 is 2.32 bits per heavy atom. The maximum absolute atomic E-state index is 12.5. The first kappa shape index (κ1) is 15.0. The van der Waals surface area contributed by atoms with Gasteiger partial charge in [-0.1, -0.05) is 12.1 Å². The number of hydrogen-bond acceptors (Lipinski definition) is 3. The molecule has 3 N–H and O–H groups in total. The van der Waals surface area contributed by atoms with Crippen molar-refractivity contribution in [3.05, 3.63) is 29.8 Å². The third kappa shape index (κ3) is 3.45. The van der Waals surface area contributed by atoms with Crippen LogP contribution >= 0.6 is 0 Å². The molecule has 0 radical (unpaired) electrons. The first-order chi connectivity index (χ1) is 8.68. The lowest BCUT2D eigenvalue weighted by molar-refractivity contribution is -0.184. The zero-order chi connectivity index (χ0) is 14.7. The van der Waals surface area contributed by atoms with Crippen LogP contribution in [0.1, 0.15) is 12.5 Å². The fraction of sp³-hybridized carbons (Fsp3) is 0.333. The number of rotatable bonds is 3. The molecule has 1 amide bonds. The van der Waals surface area contributed by atoms with Crippen molar-refractivity contribution in [2.45, 2.75) is 25.1 Å². The molecule has 0 aliphatic rings. The van der Waals surface area contributed by atoms with Crippen LogP contribution in [0, 0.1) is 11.3 Å². The van der Waals surface area contributed by atoms with Crippen molar-refractivity contribution >= 4 is 11.6 Å². The number of alkyl halides is 3. The summed E-state index contributed by atoms with van der Waals surface area (Å²) < 4.78 is 37.6. The van der Waals surface area contributed by atoms with E-state index in [2.05, 4.69) is 5.32 Å². The number of amides is 1. The zero-order valence-electron chi connectivity index (χ0n) is 10.1. The second-order valence-electron chi connectivity index (χ2n) is 4.19. The number of halogens is 3. The maximum Gasteiger partial charge on any atom is 0.415 e. The molecular weight excluding hydrogens is 259 g/mol. The van der Waals surface area contributed by atoms with Crippen LogP contribution in [-0.4, -0.2) is 17.6 Å². The Balaban J connectivity index is 2.81. The summed E-state index contributed by atoms with van der Waals surface area (Å²) in [5, 5.41) is 10.6. The molecule has 1 aromatic rings. The minimum atomic E-state index is -4.84. The Morgan fingerprint density at radius 2 is 1.89 bits per heavy atom. The average molecular weight is 271 g/mol. The van der Waals surface area contributed by atoms with Crippen molar-refractivity contribution < 1.29 is 18.0 Å². The molecule has 1 atom stereocenters. The summed E-state index contributed by atoms with van der Waals surface area (Å²) in [6.07, 6.45) is -4.65. The molecule has 0 aliphatic heterocycles. The molecule has 4 nitrogen and oxygen atoms in total. The third-order valence-corrected chi connectivity index (χ3v) is 2.56. The van der Waals surface area contributed by atoms with Crippen LogP contribution in [0.2, 0.25) is 0 Å². The van der Waals surface area contributed by atoms with Gasteiger partial charge in [-0.25, -0.2) is 0 Å². The van der Waals surface area contributed by atoms with E-state index < -0.39 is 17.6 Å². The smallest absolute Gasteiger partial charge is 0.324 e. The van der Waals surface area contributed by atoms with Crippen LogP contribution in [0.15, 0.2) is 24.3 Å². The molecule has 0 spiro atoms. The normalized spacial score (nSPS) is 14.3. The molecule has 1 rings (SSSR count). The molecule has 0 saturated carbocycles. The van der Waals surface area contributed by atoms with Crippen molar-refractivity contribution in [2.24, 2.45) is 5.73 Å². The molecule has 1 unspecified atom stereocenters. The Labute approximate surface area is 108 Å². The predicted molar refractivity (Wildman–Crippen MR) is 63.0 cm³/mol. The number of nitrogens with zero attached hydrogens (tertiary/aromatic N) is 1. The highest BCUT2D eigenvalue weighted by atomic mass is 19.4. The van der Waals surface area contributed by atoms with Crippen LogP contribution in [0.25, 0.3) is 0 Å². The minimum Gasteiger partial charge on any atom is -0.324 e. The topological polar surface area (TPSA) is 78.9 Å². The Morgan fingerprint density at radius 1 is 1.37 bits per heavy atom. The van der Waals surface area contributed by atoms with Gasteiger partial charge >= 0.3 is 6.18 Å². The molecule has 0 aromatic heterocycles. The quantitative estimate of drug-likeness (QED) is 0.882. The molecular formula is C12H12F3N3O. The Bertz CT molecular complexity index is 500. The lowest BCUT2D eigenvalue weighted by Gasteiger charge is -2.26. The van der Waals surface area contributed by atoms with Gasteiger partial charge in [0.25, 0.3) is 5.91 Å². The second kappa shape index (κ2) is 5.28. The summed E-state index contributed by atoms with van der Waals surface area (Å²) >= 11 is 0. The number of benzene rings is 1. The highest BCUT2D eigenvalue weighted by molar-refractivity contribution is 5.98. The fourth-order valence-corrected chi connectivity index (χ4v) is 1.19. The van der Waals surface area contributed by atoms with E-state index in [1.54, 1.807) is 12.1 Å². The number of nitrogens with one attached hydrogen (secondary N) is 1. The number of carbonyl (C=O) groups excluding carboxylic acids is 1. The van der Waals surface area contributed by atoms with Crippen LogP contribution in [0.3, 0.4) is 0 Å². The van der Waals surface area contributed by atoms with Gasteiger partial charge in [-0.15, -0.1) is 0 Å². The van der Waals surface area contributed by atoms with Crippen LogP contribution in [0.5, 0.6) is 0 Å². The number of anilines is 1. The summed E-state index contributed by atoms with van der Waals surface area (Å²) in [5.74, 6) is -1.34. The lowest BCUT2D eigenvalue weighted by atomic mass is 10.0. The second-order valence-corrected chi connectivity index (χ2v) is 4.19. The van der Waals surface area contributed by atoms with Crippen molar-refractivity contribution in [3.63, 3.8) is 0 Å². The fourth-order valence-electron chi connectivity index (χ4n) is 1.19. The average Bonchev–Trinajstić information content (AvgIpc) is 2.30. The summed E-state index contributed by atoms with van der Waals surface area (Å²) in [6.45, 7) is 0.604. The summed E-state index contributed by atoms with van der Waals surface area (Å²) in [5.41, 5.74) is 2.91. The summed E-state index contributed by atoms with van der Waals surface area (Å²) in [7, 11) is 0. The maximum atomic E-state index is 12.5. The standard InChI is InChI=1S/C12H12F3N3O/c1-11(17,12(13,14)15)10(19)18-9-4-2-8(3-5-9)6-7-16/h2-5H,6,17H2,1H3,(H,18,19). The van der Waals surface area contributed by atoms with E-state index >= 15 is 0 Å². The molecule has 19 heavy (non-hydrogen) atoms. The molecule has 102 valence electrons. The van der Waals surface area contributed by atoms with E-state index in [4.69, 9.17) is 11.0 Å². The van der Waals surface area contributed by atoms with E-state index in [9.17, 15) is 18.0 Å². The molecule has 1 aromatic carbocycles. The molecule has 7 heteroatoms. The number of carbonyl (C=O) groups is 1. The first-order valence-electron chi connectivity index (χ1n) is 5.31. The van der Waals surface area contributed by atoms with Gasteiger partial charge < -0.3 is 11.1 Å². The van der Waals surface area contributed by atoms with E-state index in [0.29, 0.717) is 12.5 Å². The third-order valence-electron chi connectivity index (χ3n) is 2.56. The zero-order valence-corrected chi connectivity index (χ0v) is 10.1. The first-order valence-corrected chi connectivity index (χ1v) is 5.31.